The number of anilines is 2. The van der Waals surface area contributed by atoms with Crippen LogP contribution in [0.1, 0.15) is 20.7 Å². The molecule has 2 amide bonds. The average Bonchev–Trinajstić information content (AvgIpc) is 2.79. The van der Waals surface area contributed by atoms with Gasteiger partial charge < -0.3 is 20.1 Å². The first-order chi connectivity index (χ1) is 15.5. The van der Waals surface area contributed by atoms with Crippen LogP contribution in [0, 0.1) is 0 Å². The normalized spacial score (nSPS) is 11.9. The molecule has 1 aliphatic heterocycles. The number of ether oxygens (including phenoxy) is 2. The van der Waals surface area contributed by atoms with Crippen LogP contribution in [-0.2, 0) is 0 Å². The summed E-state index contributed by atoms with van der Waals surface area (Å²) in [7, 11) is 0. The molecule has 9 heteroatoms. The van der Waals surface area contributed by atoms with Gasteiger partial charge in [-0.15, -0.1) is 0 Å². The Morgan fingerprint density at radius 2 is 1.53 bits per heavy atom. The van der Waals surface area contributed by atoms with Gasteiger partial charge in [-0.2, -0.15) is 0 Å². The van der Waals surface area contributed by atoms with Gasteiger partial charge in [0, 0.05) is 16.9 Å². The number of halogens is 1. The van der Waals surface area contributed by atoms with Crippen LogP contribution < -0.4 is 25.4 Å². The first-order valence-electron chi connectivity index (χ1n) is 9.67. The molecule has 0 atom stereocenters. The molecule has 0 radical (unpaired) electrons. The standard InChI is InChI=1S/C23H18ClN3O4S/c24-18-7-2-1-6-17(18)22(29)25-15-4-3-5-16(13-15)26-23(32)27-21(28)14-8-9-19-20(12-14)31-11-10-30-19/h1-9,12-13H,10-11H2,(H,25,29)(H2,26,27,28,32). The number of carbonyl (C=O) groups is 2. The van der Waals surface area contributed by atoms with E-state index in [0.29, 0.717) is 52.2 Å². The van der Waals surface area contributed by atoms with Gasteiger partial charge in [0.25, 0.3) is 11.8 Å². The first kappa shape index (κ1) is 21.6. The van der Waals surface area contributed by atoms with Crippen LogP contribution in [0.15, 0.2) is 66.7 Å². The van der Waals surface area contributed by atoms with E-state index in [2.05, 4.69) is 16.0 Å². The molecule has 1 aliphatic rings. The van der Waals surface area contributed by atoms with E-state index in [1.807, 2.05) is 0 Å². The van der Waals surface area contributed by atoms with Gasteiger partial charge in [-0.05, 0) is 60.7 Å². The molecule has 0 fully saturated rings. The molecule has 1 heterocycles. The highest BCUT2D eigenvalue weighted by atomic mass is 35.5. The van der Waals surface area contributed by atoms with E-state index in [-0.39, 0.29) is 16.9 Å². The summed E-state index contributed by atoms with van der Waals surface area (Å²) in [5.74, 6) is 0.402. The van der Waals surface area contributed by atoms with Crippen molar-refractivity contribution in [1.82, 2.24) is 5.32 Å². The minimum absolute atomic E-state index is 0.111. The van der Waals surface area contributed by atoms with Crippen molar-refractivity contribution in [2.24, 2.45) is 0 Å². The Labute approximate surface area is 194 Å². The number of rotatable bonds is 4. The van der Waals surface area contributed by atoms with E-state index >= 15 is 0 Å². The Kier molecular flexibility index (Phi) is 6.53. The molecule has 0 aromatic heterocycles. The van der Waals surface area contributed by atoms with Gasteiger partial charge in [0.05, 0.1) is 10.6 Å². The van der Waals surface area contributed by atoms with Crippen molar-refractivity contribution in [2.45, 2.75) is 0 Å². The van der Waals surface area contributed by atoms with Crippen molar-refractivity contribution in [3.63, 3.8) is 0 Å². The van der Waals surface area contributed by atoms with Crippen LogP contribution in [0.4, 0.5) is 11.4 Å². The largest absolute Gasteiger partial charge is 0.486 e. The highest BCUT2D eigenvalue weighted by Crippen LogP contribution is 2.30. The smallest absolute Gasteiger partial charge is 0.257 e. The van der Waals surface area contributed by atoms with Crippen molar-refractivity contribution in [2.75, 3.05) is 23.8 Å². The average molecular weight is 468 g/mol. The summed E-state index contributed by atoms with van der Waals surface area (Å²) in [4.78, 5) is 25.0. The molecule has 0 saturated carbocycles. The van der Waals surface area contributed by atoms with E-state index in [1.54, 1.807) is 66.7 Å². The second-order valence-corrected chi connectivity index (χ2v) is 7.60. The monoisotopic (exact) mass is 467 g/mol. The van der Waals surface area contributed by atoms with Gasteiger partial charge in [0.15, 0.2) is 16.6 Å². The van der Waals surface area contributed by atoms with E-state index in [1.165, 1.54) is 0 Å². The summed E-state index contributed by atoms with van der Waals surface area (Å²) < 4.78 is 11.0. The topological polar surface area (TPSA) is 88.7 Å². The number of hydrogen-bond acceptors (Lipinski definition) is 5. The fourth-order valence-corrected chi connectivity index (χ4v) is 3.47. The molecule has 0 spiro atoms. The lowest BCUT2D eigenvalue weighted by Crippen LogP contribution is -2.34. The van der Waals surface area contributed by atoms with E-state index in [4.69, 9.17) is 33.3 Å². The number of amides is 2. The maximum absolute atomic E-state index is 12.5. The van der Waals surface area contributed by atoms with Gasteiger partial charge in [0.1, 0.15) is 13.2 Å². The third-order valence-electron chi connectivity index (χ3n) is 4.53. The van der Waals surface area contributed by atoms with E-state index in [9.17, 15) is 9.59 Å². The maximum atomic E-state index is 12.5. The second kappa shape index (κ2) is 9.67. The molecular formula is C23H18ClN3O4S. The zero-order valence-corrected chi connectivity index (χ0v) is 18.3. The minimum Gasteiger partial charge on any atom is -0.486 e. The van der Waals surface area contributed by atoms with Crippen LogP contribution >= 0.6 is 23.8 Å². The van der Waals surface area contributed by atoms with Gasteiger partial charge in [-0.25, -0.2) is 0 Å². The molecule has 3 N–H and O–H groups in total. The number of hydrogen-bond donors (Lipinski definition) is 3. The van der Waals surface area contributed by atoms with Crippen molar-refractivity contribution >= 4 is 52.1 Å². The van der Waals surface area contributed by atoms with Crippen LogP contribution in [0.5, 0.6) is 11.5 Å². The predicted molar refractivity (Wildman–Crippen MR) is 127 cm³/mol. The fourth-order valence-electron chi connectivity index (χ4n) is 3.04. The third kappa shape index (κ3) is 5.16. The van der Waals surface area contributed by atoms with Crippen molar-refractivity contribution < 1.29 is 19.1 Å². The zero-order valence-electron chi connectivity index (χ0n) is 16.7. The zero-order chi connectivity index (χ0) is 22.5. The Morgan fingerprint density at radius 3 is 2.31 bits per heavy atom. The summed E-state index contributed by atoms with van der Waals surface area (Å²) >= 11 is 11.3. The Hall–Kier alpha value is -3.62. The number of benzene rings is 3. The highest BCUT2D eigenvalue weighted by Gasteiger charge is 2.16. The SMILES string of the molecule is O=C(NC(=S)Nc1cccc(NC(=O)c2ccccc2Cl)c1)c1ccc2c(c1)OCCO2. The molecule has 162 valence electrons. The van der Waals surface area contributed by atoms with E-state index < -0.39 is 0 Å². The fraction of sp³-hybridized carbons (Fsp3) is 0.0870. The molecule has 32 heavy (non-hydrogen) atoms. The Balaban J connectivity index is 1.38. The van der Waals surface area contributed by atoms with Crippen LogP contribution in [0.2, 0.25) is 5.02 Å². The van der Waals surface area contributed by atoms with Crippen LogP contribution in [-0.4, -0.2) is 30.1 Å². The summed E-state index contributed by atoms with van der Waals surface area (Å²) in [5.41, 5.74) is 1.89. The maximum Gasteiger partial charge on any atom is 0.257 e. The van der Waals surface area contributed by atoms with Crippen LogP contribution in [0.25, 0.3) is 0 Å². The molecule has 7 nitrogen and oxygen atoms in total. The molecule has 3 aromatic carbocycles. The van der Waals surface area contributed by atoms with Crippen molar-refractivity contribution in [1.29, 1.82) is 0 Å². The quantitative estimate of drug-likeness (QED) is 0.490. The third-order valence-corrected chi connectivity index (χ3v) is 5.06. The molecule has 4 rings (SSSR count). The van der Waals surface area contributed by atoms with Gasteiger partial charge >= 0.3 is 0 Å². The van der Waals surface area contributed by atoms with Gasteiger partial charge in [-0.1, -0.05) is 29.8 Å². The summed E-state index contributed by atoms with van der Waals surface area (Å²) in [6, 6.07) is 18.6. The number of carbonyl (C=O) groups excluding carboxylic acids is 2. The lowest BCUT2D eigenvalue weighted by molar-refractivity contribution is 0.0975. The molecule has 0 bridgehead atoms. The summed E-state index contributed by atoms with van der Waals surface area (Å²) in [5, 5.41) is 8.82. The predicted octanol–water partition coefficient (Wildman–Crippen LogP) is 4.49. The highest BCUT2D eigenvalue weighted by molar-refractivity contribution is 7.80. The molecular weight excluding hydrogens is 450 g/mol. The Morgan fingerprint density at radius 1 is 0.812 bits per heavy atom. The lowest BCUT2D eigenvalue weighted by Gasteiger charge is -2.18. The Bertz CT molecular complexity index is 1200. The van der Waals surface area contributed by atoms with Gasteiger partial charge in [-0.3, -0.25) is 14.9 Å². The first-order valence-corrected chi connectivity index (χ1v) is 10.5. The van der Waals surface area contributed by atoms with Gasteiger partial charge in [0.2, 0.25) is 0 Å². The second-order valence-electron chi connectivity index (χ2n) is 6.78. The molecule has 0 unspecified atom stereocenters. The number of thiocarbonyl (C=S) groups is 1. The molecule has 3 aromatic rings. The van der Waals surface area contributed by atoms with Crippen molar-refractivity contribution in [3.8, 4) is 11.5 Å². The summed E-state index contributed by atoms with van der Waals surface area (Å²) in [6.07, 6.45) is 0. The molecule has 0 aliphatic carbocycles. The number of fused-ring (bicyclic) bond motifs is 1. The number of nitrogens with one attached hydrogen (secondary N) is 3. The lowest BCUT2D eigenvalue weighted by atomic mass is 10.2. The van der Waals surface area contributed by atoms with Crippen molar-refractivity contribution in [3.05, 3.63) is 82.9 Å². The van der Waals surface area contributed by atoms with E-state index in [0.717, 1.165) is 0 Å². The summed E-state index contributed by atoms with van der Waals surface area (Å²) in [6.45, 7) is 0.909. The molecule has 0 saturated heterocycles. The van der Waals surface area contributed by atoms with Crippen LogP contribution in [0.3, 0.4) is 0 Å². The minimum atomic E-state index is -0.386.